The lowest BCUT2D eigenvalue weighted by Crippen LogP contribution is -2.19. The molecule has 0 aliphatic rings. The van der Waals surface area contributed by atoms with E-state index in [2.05, 4.69) is 41.2 Å². The van der Waals surface area contributed by atoms with E-state index in [4.69, 9.17) is 0 Å². The normalized spacial score (nSPS) is 11.5. The molecular weight excluding hydrogens is 410 g/mol. The molecule has 0 saturated heterocycles. The number of carbonyl (C=O) groups excluding carboxylic acids is 1. The van der Waals surface area contributed by atoms with Crippen LogP contribution in [-0.4, -0.2) is 25.7 Å². The number of nitrogens with zero attached hydrogens (tertiary/aromatic N) is 3. The van der Waals surface area contributed by atoms with Crippen LogP contribution in [0, 0.1) is 6.92 Å². The summed E-state index contributed by atoms with van der Waals surface area (Å²) in [6, 6.07) is 14.6. The molecule has 8 heteroatoms. The van der Waals surface area contributed by atoms with Gasteiger partial charge in [-0.25, -0.2) is 4.98 Å². The zero-order valence-electron chi connectivity index (χ0n) is 17.8. The molecule has 0 aliphatic heterocycles. The van der Waals surface area contributed by atoms with Crippen molar-refractivity contribution in [3.8, 4) is 16.5 Å². The van der Waals surface area contributed by atoms with Crippen LogP contribution in [0.2, 0.25) is 0 Å². The number of benzene rings is 1. The highest BCUT2D eigenvalue weighted by Gasteiger charge is 2.18. The fraction of sp³-hybridized carbons (Fsp3) is 0.217. The number of nitrogens with one attached hydrogen (secondary N) is 2. The summed E-state index contributed by atoms with van der Waals surface area (Å²) in [5.41, 5.74) is 2.64. The first-order valence-electron chi connectivity index (χ1n) is 9.85. The van der Waals surface area contributed by atoms with Crippen molar-refractivity contribution < 1.29 is 4.79 Å². The van der Waals surface area contributed by atoms with Gasteiger partial charge < -0.3 is 5.32 Å². The number of aryl methyl sites for hydroxylation is 1. The molecule has 0 bridgehead atoms. The van der Waals surface area contributed by atoms with Gasteiger partial charge in [-0.3, -0.25) is 14.6 Å². The van der Waals surface area contributed by atoms with Gasteiger partial charge in [0.05, 0.1) is 4.88 Å². The molecule has 7 nitrogen and oxygen atoms in total. The maximum absolute atomic E-state index is 12.9. The molecule has 158 valence electrons. The van der Waals surface area contributed by atoms with Gasteiger partial charge in [0.2, 0.25) is 5.95 Å². The maximum Gasteiger partial charge on any atom is 0.256 e. The van der Waals surface area contributed by atoms with Crippen molar-refractivity contribution in [1.82, 2.24) is 19.7 Å². The van der Waals surface area contributed by atoms with Crippen molar-refractivity contribution in [2.45, 2.75) is 33.1 Å². The van der Waals surface area contributed by atoms with E-state index in [0.717, 1.165) is 10.4 Å². The van der Waals surface area contributed by atoms with Crippen molar-refractivity contribution in [2.24, 2.45) is 0 Å². The lowest BCUT2D eigenvalue weighted by molar-refractivity contribution is 0.102. The third kappa shape index (κ3) is 4.49. The van der Waals surface area contributed by atoms with Crippen LogP contribution in [0.4, 0.5) is 5.82 Å². The Bertz CT molecular complexity index is 1280. The van der Waals surface area contributed by atoms with Crippen LogP contribution < -0.4 is 10.9 Å². The van der Waals surface area contributed by atoms with Crippen LogP contribution in [0.15, 0.2) is 58.7 Å². The second-order valence-electron chi connectivity index (χ2n) is 8.30. The van der Waals surface area contributed by atoms with Gasteiger partial charge in [0, 0.05) is 23.4 Å². The molecule has 0 spiro atoms. The summed E-state index contributed by atoms with van der Waals surface area (Å²) in [4.78, 5) is 32.9. The number of amides is 1. The van der Waals surface area contributed by atoms with Crippen LogP contribution in [0.1, 0.15) is 42.4 Å². The molecule has 0 saturated carbocycles. The molecular formula is C23H23N5O2S. The minimum atomic E-state index is -0.286. The molecule has 0 radical (unpaired) electrons. The molecule has 1 aromatic carbocycles. The lowest BCUT2D eigenvalue weighted by Gasteiger charge is -2.19. The van der Waals surface area contributed by atoms with Crippen molar-refractivity contribution in [1.29, 1.82) is 0 Å². The summed E-state index contributed by atoms with van der Waals surface area (Å²) in [6.45, 7) is 8.12. The number of aromatic amines is 1. The molecule has 2 N–H and O–H groups in total. The van der Waals surface area contributed by atoms with E-state index < -0.39 is 0 Å². The van der Waals surface area contributed by atoms with Crippen LogP contribution in [-0.2, 0) is 5.41 Å². The monoisotopic (exact) mass is 433 g/mol. The number of carbonyl (C=O) groups is 1. The smallest absolute Gasteiger partial charge is 0.256 e. The maximum atomic E-state index is 12.9. The Morgan fingerprint density at radius 3 is 2.48 bits per heavy atom. The van der Waals surface area contributed by atoms with Gasteiger partial charge in [-0.1, -0.05) is 39.0 Å². The summed E-state index contributed by atoms with van der Waals surface area (Å²) in [5.74, 6) is 0.391. The highest BCUT2D eigenvalue weighted by Crippen LogP contribution is 2.28. The zero-order chi connectivity index (χ0) is 22.2. The minimum Gasteiger partial charge on any atom is -0.306 e. The van der Waals surface area contributed by atoms with Gasteiger partial charge in [0.25, 0.3) is 11.5 Å². The Labute approximate surface area is 183 Å². The molecule has 4 aromatic rings. The van der Waals surface area contributed by atoms with Gasteiger partial charge >= 0.3 is 0 Å². The van der Waals surface area contributed by atoms with E-state index in [1.807, 2.05) is 41.8 Å². The Hall–Kier alpha value is -3.52. The van der Waals surface area contributed by atoms with E-state index in [1.54, 1.807) is 13.0 Å². The zero-order valence-corrected chi connectivity index (χ0v) is 18.6. The second-order valence-corrected chi connectivity index (χ2v) is 9.24. The molecule has 4 rings (SSSR count). The van der Waals surface area contributed by atoms with Crippen LogP contribution in [0.25, 0.3) is 16.5 Å². The third-order valence-electron chi connectivity index (χ3n) is 4.80. The Balaban J connectivity index is 1.71. The van der Waals surface area contributed by atoms with E-state index in [9.17, 15) is 9.59 Å². The van der Waals surface area contributed by atoms with Gasteiger partial charge in [-0.2, -0.15) is 9.78 Å². The van der Waals surface area contributed by atoms with Gasteiger partial charge in [0.15, 0.2) is 0 Å². The minimum absolute atomic E-state index is 0.00590. The average Bonchev–Trinajstić information content (AvgIpc) is 3.36. The number of rotatable bonds is 4. The Morgan fingerprint density at radius 1 is 1.13 bits per heavy atom. The number of thiophene rings is 1. The van der Waals surface area contributed by atoms with E-state index in [0.29, 0.717) is 22.8 Å². The molecule has 1 amide bonds. The van der Waals surface area contributed by atoms with Gasteiger partial charge in [0.1, 0.15) is 11.5 Å². The standard InChI is InChI=1S/C23H23N5O2S/c1-14-12-20(29)26-22(24-14)28-19(13-17(27-28)18-6-5-11-31-18)25-21(30)15-7-9-16(10-8-15)23(2,3)4/h5-13H,1-4H3,(H,25,30)(H,24,26,29). The van der Waals surface area contributed by atoms with E-state index in [-0.39, 0.29) is 22.8 Å². The van der Waals surface area contributed by atoms with Crippen LogP contribution in [0.3, 0.4) is 0 Å². The fourth-order valence-electron chi connectivity index (χ4n) is 3.15. The molecule has 31 heavy (non-hydrogen) atoms. The number of hydrogen-bond donors (Lipinski definition) is 2. The largest absolute Gasteiger partial charge is 0.306 e. The fourth-order valence-corrected chi connectivity index (χ4v) is 3.83. The Morgan fingerprint density at radius 2 is 1.87 bits per heavy atom. The number of anilines is 1. The summed E-state index contributed by atoms with van der Waals surface area (Å²) in [7, 11) is 0. The molecule has 3 aromatic heterocycles. The number of hydrogen-bond acceptors (Lipinski definition) is 5. The Kier molecular flexibility index (Phi) is 5.32. The topological polar surface area (TPSA) is 92.7 Å². The van der Waals surface area contributed by atoms with Gasteiger partial charge in [-0.15, -0.1) is 11.3 Å². The second kappa shape index (κ2) is 7.96. The SMILES string of the molecule is Cc1cc(=O)[nH]c(-n2nc(-c3cccs3)cc2NC(=O)c2ccc(C(C)(C)C)cc2)n1. The molecule has 0 fully saturated rings. The first-order chi connectivity index (χ1) is 14.7. The van der Waals surface area contributed by atoms with Crippen LogP contribution >= 0.6 is 11.3 Å². The van der Waals surface area contributed by atoms with Crippen molar-refractivity contribution in [3.05, 3.63) is 81.1 Å². The first kappa shape index (κ1) is 20.7. The highest BCUT2D eigenvalue weighted by molar-refractivity contribution is 7.13. The van der Waals surface area contributed by atoms with E-state index >= 15 is 0 Å². The average molecular weight is 434 g/mol. The quantitative estimate of drug-likeness (QED) is 0.494. The first-order valence-corrected chi connectivity index (χ1v) is 10.7. The van der Waals surface area contributed by atoms with Gasteiger partial charge in [-0.05, 0) is 41.5 Å². The van der Waals surface area contributed by atoms with Crippen molar-refractivity contribution in [3.63, 3.8) is 0 Å². The summed E-state index contributed by atoms with van der Waals surface area (Å²) in [6.07, 6.45) is 0. The predicted molar refractivity (Wildman–Crippen MR) is 123 cm³/mol. The molecule has 0 atom stereocenters. The van der Waals surface area contributed by atoms with Crippen LogP contribution in [0.5, 0.6) is 0 Å². The molecule has 0 aliphatic carbocycles. The van der Waals surface area contributed by atoms with E-state index in [1.165, 1.54) is 22.1 Å². The van der Waals surface area contributed by atoms with Crippen molar-refractivity contribution >= 4 is 23.1 Å². The third-order valence-corrected chi connectivity index (χ3v) is 5.69. The lowest BCUT2D eigenvalue weighted by atomic mass is 9.87. The highest BCUT2D eigenvalue weighted by atomic mass is 32.1. The molecule has 3 heterocycles. The summed E-state index contributed by atoms with van der Waals surface area (Å²) < 4.78 is 1.45. The summed E-state index contributed by atoms with van der Waals surface area (Å²) >= 11 is 1.54. The van der Waals surface area contributed by atoms with Crippen molar-refractivity contribution in [2.75, 3.05) is 5.32 Å². The number of aromatic nitrogens is 4. The summed E-state index contributed by atoms with van der Waals surface area (Å²) in [5, 5.41) is 9.44. The number of H-pyrrole nitrogens is 1. The predicted octanol–water partition coefficient (Wildman–Crippen LogP) is 4.54. The molecule has 0 unspecified atom stereocenters.